The van der Waals surface area contributed by atoms with Crippen LogP contribution in [0, 0.1) is 6.92 Å². The second-order valence-electron chi connectivity index (χ2n) is 3.70. The number of pyridine rings is 1. The van der Waals surface area contributed by atoms with Gasteiger partial charge in [0.1, 0.15) is 5.56 Å². The zero-order valence-electron chi connectivity index (χ0n) is 9.75. The Balaban J connectivity index is 2.03. The standard InChI is InChI=1S/C11H12N4O3/c1-7-4-9(8(5-13-7)11(16)17)12-3-2-10-14-6-18-15-10/h4-6H,2-3H2,1H3,(H,12,13)(H,16,17). The predicted octanol–water partition coefficient (Wildman–Crippen LogP) is 1.13. The lowest BCUT2D eigenvalue weighted by molar-refractivity contribution is 0.0697. The molecule has 0 aromatic carbocycles. The number of carbonyl (C=O) groups is 1. The third kappa shape index (κ3) is 2.82. The molecule has 0 amide bonds. The minimum absolute atomic E-state index is 0.147. The fourth-order valence-electron chi connectivity index (χ4n) is 1.49. The Morgan fingerprint density at radius 3 is 3.00 bits per heavy atom. The van der Waals surface area contributed by atoms with Crippen LogP contribution in [0.25, 0.3) is 0 Å². The average molecular weight is 248 g/mol. The van der Waals surface area contributed by atoms with Gasteiger partial charge in [-0.05, 0) is 13.0 Å². The van der Waals surface area contributed by atoms with E-state index in [9.17, 15) is 4.79 Å². The summed E-state index contributed by atoms with van der Waals surface area (Å²) in [5.74, 6) is -0.435. The first kappa shape index (κ1) is 12.0. The fourth-order valence-corrected chi connectivity index (χ4v) is 1.49. The van der Waals surface area contributed by atoms with E-state index in [2.05, 4.69) is 25.0 Å². The van der Waals surface area contributed by atoms with Crippen molar-refractivity contribution < 1.29 is 14.4 Å². The van der Waals surface area contributed by atoms with Crippen LogP contribution in [0.1, 0.15) is 21.9 Å². The lowest BCUT2D eigenvalue weighted by atomic mass is 10.2. The number of nitrogens with one attached hydrogen (secondary N) is 1. The lowest BCUT2D eigenvalue weighted by Gasteiger charge is -2.08. The number of carboxylic acids is 1. The molecule has 0 aliphatic carbocycles. The summed E-state index contributed by atoms with van der Waals surface area (Å²) in [6, 6.07) is 1.69. The first-order valence-electron chi connectivity index (χ1n) is 5.36. The molecule has 0 radical (unpaired) electrons. The monoisotopic (exact) mass is 248 g/mol. The average Bonchev–Trinajstić information content (AvgIpc) is 2.82. The highest BCUT2D eigenvalue weighted by molar-refractivity contribution is 5.93. The van der Waals surface area contributed by atoms with E-state index < -0.39 is 5.97 Å². The largest absolute Gasteiger partial charge is 0.478 e. The van der Waals surface area contributed by atoms with E-state index in [-0.39, 0.29) is 5.56 Å². The fraction of sp³-hybridized carbons (Fsp3) is 0.273. The number of nitrogens with zero attached hydrogens (tertiary/aromatic N) is 3. The molecule has 0 saturated carbocycles. The molecular formula is C11H12N4O3. The zero-order chi connectivity index (χ0) is 13.0. The summed E-state index contributed by atoms with van der Waals surface area (Å²) in [6.07, 6.45) is 3.15. The Labute approximate surface area is 103 Å². The summed E-state index contributed by atoms with van der Waals surface area (Å²) in [6.45, 7) is 2.32. The smallest absolute Gasteiger partial charge is 0.339 e. The van der Waals surface area contributed by atoms with Crippen molar-refractivity contribution in [1.82, 2.24) is 15.1 Å². The number of hydrogen-bond acceptors (Lipinski definition) is 6. The summed E-state index contributed by atoms with van der Waals surface area (Å²) in [7, 11) is 0. The number of anilines is 1. The summed E-state index contributed by atoms with van der Waals surface area (Å²) < 4.78 is 4.61. The molecule has 7 nitrogen and oxygen atoms in total. The molecule has 0 aliphatic heterocycles. The molecule has 0 unspecified atom stereocenters. The Morgan fingerprint density at radius 1 is 1.50 bits per heavy atom. The highest BCUT2D eigenvalue weighted by atomic mass is 16.5. The van der Waals surface area contributed by atoms with Crippen LogP contribution in [0.2, 0.25) is 0 Å². The van der Waals surface area contributed by atoms with E-state index in [1.54, 1.807) is 13.0 Å². The molecule has 0 atom stereocenters. The number of hydrogen-bond donors (Lipinski definition) is 2. The van der Waals surface area contributed by atoms with Crippen LogP contribution in [0.15, 0.2) is 23.2 Å². The Hall–Kier alpha value is -2.44. The first-order chi connectivity index (χ1) is 8.66. The van der Waals surface area contributed by atoms with Crippen molar-refractivity contribution in [3.63, 3.8) is 0 Å². The molecule has 0 bridgehead atoms. The van der Waals surface area contributed by atoms with Crippen molar-refractivity contribution in [3.05, 3.63) is 35.7 Å². The number of aromatic carboxylic acids is 1. The number of aromatic nitrogens is 3. The maximum absolute atomic E-state index is 11.0. The van der Waals surface area contributed by atoms with Gasteiger partial charge in [0.15, 0.2) is 5.82 Å². The molecule has 7 heteroatoms. The van der Waals surface area contributed by atoms with E-state index in [1.165, 1.54) is 12.6 Å². The molecule has 94 valence electrons. The SMILES string of the molecule is Cc1cc(NCCc2ncon2)c(C(=O)O)cn1. The summed E-state index contributed by atoms with van der Waals surface area (Å²) in [5.41, 5.74) is 1.44. The molecule has 2 heterocycles. The van der Waals surface area contributed by atoms with E-state index in [4.69, 9.17) is 5.11 Å². The zero-order valence-corrected chi connectivity index (χ0v) is 9.75. The van der Waals surface area contributed by atoms with Gasteiger partial charge >= 0.3 is 5.97 Å². The van der Waals surface area contributed by atoms with Gasteiger partial charge < -0.3 is 14.9 Å². The minimum Gasteiger partial charge on any atom is -0.478 e. The molecule has 2 aromatic rings. The van der Waals surface area contributed by atoms with E-state index in [0.717, 1.165) is 5.69 Å². The molecule has 0 aliphatic rings. The van der Waals surface area contributed by atoms with Crippen molar-refractivity contribution >= 4 is 11.7 Å². The second-order valence-corrected chi connectivity index (χ2v) is 3.70. The molecule has 0 fully saturated rings. The van der Waals surface area contributed by atoms with Crippen LogP contribution in [0.4, 0.5) is 5.69 Å². The van der Waals surface area contributed by atoms with E-state index in [0.29, 0.717) is 24.5 Å². The van der Waals surface area contributed by atoms with Crippen molar-refractivity contribution in [2.75, 3.05) is 11.9 Å². The quantitative estimate of drug-likeness (QED) is 0.817. The van der Waals surface area contributed by atoms with Crippen LogP contribution in [0.3, 0.4) is 0 Å². The van der Waals surface area contributed by atoms with Crippen LogP contribution >= 0.6 is 0 Å². The molecule has 0 saturated heterocycles. The lowest BCUT2D eigenvalue weighted by Crippen LogP contribution is -2.11. The van der Waals surface area contributed by atoms with Crippen LogP contribution in [-0.2, 0) is 6.42 Å². The number of carboxylic acid groups (broad SMARTS) is 1. The van der Waals surface area contributed by atoms with Gasteiger partial charge in [0, 0.05) is 24.9 Å². The van der Waals surface area contributed by atoms with Gasteiger partial charge in [-0.2, -0.15) is 4.98 Å². The Bertz CT molecular complexity index is 539. The van der Waals surface area contributed by atoms with Gasteiger partial charge in [0.25, 0.3) is 0 Å². The maximum Gasteiger partial charge on any atom is 0.339 e. The van der Waals surface area contributed by atoms with Crippen molar-refractivity contribution in [3.8, 4) is 0 Å². The number of aryl methyl sites for hydroxylation is 1. The van der Waals surface area contributed by atoms with Crippen molar-refractivity contribution in [2.45, 2.75) is 13.3 Å². The first-order valence-corrected chi connectivity index (χ1v) is 5.36. The van der Waals surface area contributed by atoms with E-state index >= 15 is 0 Å². The van der Waals surface area contributed by atoms with Crippen LogP contribution in [-0.4, -0.2) is 32.7 Å². The maximum atomic E-state index is 11.0. The Morgan fingerprint density at radius 2 is 2.33 bits per heavy atom. The van der Waals surface area contributed by atoms with Gasteiger partial charge in [0.05, 0.1) is 5.69 Å². The third-order valence-electron chi connectivity index (χ3n) is 2.34. The Kier molecular flexibility index (Phi) is 3.52. The minimum atomic E-state index is -1.01. The molecule has 2 N–H and O–H groups in total. The summed E-state index contributed by atoms with van der Waals surface area (Å²) in [4.78, 5) is 18.8. The van der Waals surface area contributed by atoms with Gasteiger partial charge in [-0.3, -0.25) is 4.98 Å². The molecule has 18 heavy (non-hydrogen) atoms. The highest BCUT2D eigenvalue weighted by Gasteiger charge is 2.10. The third-order valence-corrected chi connectivity index (χ3v) is 2.34. The summed E-state index contributed by atoms with van der Waals surface area (Å²) >= 11 is 0. The van der Waals surface area contributed by atoms with Gasteiger partial charge in [-0.1, -0.05) is 5.16 Å². The molecule has 2 aromatic heterocycles. The van der Waals surface area contributed by atoms with E-state index in [1.807, 2.05) is 0 Å². The predicted molar refractivity (Wildman–Crippen MR) is 62.4 cm³/mol. The molecular weight excluding hydrogens is 236 g/mol. The molecule has 0 spiro atoms. The van der Waals surface area contributed by atoms with Crippen molar-refractivity contribution in [2.24, 2.45) is 0 Å². The van der Waals surface area contributed by atoms with Gasteiger partial charge in [-0.25, -0.2) is 4.79 Å². The van der Waals surface area contributed by atoms with Gasteiger partial charge in [0.2, 0.25) is 6.39 Å². The highest BCUT2D eigenvalue weighted by Crippen LogP contribution is 2.15. The van der Waals surface area contributed by atoms with Crippen LogP contribution in [0.5, 0.6) is 0 Å². The van der Waals surface area contributed by atoms with Crippen molar-refractivity contribution in [1.29, 1.82) is 0 Å². The van der Waals surface area contributed by atoms with Crippen LogP contribution < -0.4 is 5.32 Å². The second kappa shape index (κ2) is 5.26. The number of rotatable bonds is 5. The summed E-state index contributed by atoms with van der Waals surface area (Å²) in [5, 5.41) is 15.7. The molecule has 2 rings (SSSR count). The van der Waals surface area contributed by atoms with Gasteiger partial charge in [-0.15, -0.1) is 0 Å². The topological polar surface area (TPSA) is 101 Å². The normalized spacial score (nSPS) is 10.3.